The first-order valence-electron chi connectivity index (χ1n) is 7.32. The topological polar surface area (TPSA) is 61.4 Å². The first-order chi connectivity index (χ1) is 9.99. The van der Waals surface area contributed by atoms with Crippen molar-refractivity contribution >= 4 is 11.8 Å². The predicted molar refractivity (Wildman–Crippen MR) is 82.4 cm³/mol. The van der Waals surface area contributed by atoms with E-state index in [0.29, 0.717) is 17.0 Å². The maximum atomic E-state index is 12.3. The molecule has 2 amide bonds. The number of amides is 2. The maximum absolute atomic E-state index is 12.3. The Morgan fingerprint density at radius 1 is 1.29 bits per heavy atom. The molecule has 2 atom stereocenters. The number of nitrogens with zero attached hydrogens (tertiary/aromatic N) is 1. The molecule has 5 nitrogen and oxygen atoms in total. The van der Waals surface area contributed by atoms with Gasteiger partial charge in [-0.1, -0.05) is 13.0 Å². The van der Waals surface area contributed by atoms with Crippen LogP contribution in [0.25, 0.3) is 0 Å². The van der Waals surface area contributed by atoms with E-state index in [2.05, 4.69) is 17.6 Å². The molecule has 2 N–H and O–H groups in total. The molecule has 1 aromatic carbocycles. The van der Waals surface area contributed by atoms with Gasteiger partial charge in [0, 0.05) is 37.8 Å². The van der Waals surface area contributed by atoms with E-state index in [0.717, 1.165) is 19.5 Å². The lowest BCUT2D eigenvalue weighted by atomic mass is 9.94. The molecule has 1 saturated heterocycles. The van der Waals surface area contributed by atoms with Gasteiger partial charge in [0.2, 0.25) is 0 Å². The van der Waals surface area contributed by atoms with Crippen LogP contribution >= 0.6 is 0 Å². The maximum Gasteiger partial charge on any atom is 0.253 e. The summed E-state index contributed by atoms with van der Waals surface area (Å²) in [6, 6.07) is 7.00. The lowest BCUT2D eigenvalue weighted by molar-refractivity contribution is 0.0827. The van der Waals surface area contributed by atoms with Crippen molar-refractivity contribution in [1.82, 2.24) is 15.5 Å². The lowest BCUT2D eigenvalue weighted by Crippen LogP contribution is -2.50. The van der Waals surface area contributed by atoms with Crippen molar-refractivity contribution in [3.8, 4) is 0 Å². The summed E-state index contributed by atoms with van der Waals surface area (Å²) in [5.74, 6) is 0.239. The van der Waals surface area contributed by atoms with Gasteiger partial charge in [0.1, 0.15) is 0 Å². The Morgan fingerprint density at radius 3 is 2.67 bits per heavy atom. The van der Waals surface area contributed by atoms with Crippen LogP contribution in [0.5, 0.6) is 0 Å². The van der Waals surface area contributed by atoms with E-state index in [1.807, 2.05) is 0 Å². The van der Waals surface area contributed by atoms with Crippen LogP contribution in [-0.4, -0.2) is 49.9 Å². The standard InChI is InChI=1S/C16H23N3O2/c1-11-7-8-17-10-14(11)18-15(20)12-5-4-6-13(9-12)16(21)19(2)3/h4-6,9,11,14,17H,7-8,10H2,1-3H3,(H,18,20). The molecule has 1 aromatic rings. The zero-order valence-electron chi connectivity index (χ0n) is 12.8. The molecule has 0 aromatic heterocycles. The number of hydrogen-bond donors (Lipinski definition) is 2. The van der Waals surface area contributed by atoms with E-state index < -0.39 is 0 Å². The van der Waals surface area contributed by atoms with Gasteiger partial charge in [0.05, 0.1) is 0 Å². The second-order valence-electron chi connectivity index (χ2n) is 5.83. The third-order valence-corrected chi connectivity index (χ3v) is 3.92. The Labute approximate surface area is 125 Å². The number of nitrogens with one attached hydrogen (secondary N) is 2. The lowest BCUT2D eigenvalue weighted by Gasteiger charge is -2.30. The molecule has 1 aliphatic heterocycles. The van der Waals surface area contributed by atoms with Gasteiger partial charge in [0.25, 0.3) is 11.8 Å². The molecule has 1 aliphatic rings. The van der Waals surface area contributed by atoms with Gasteiger partial charge in [-0.05, 0) is 37.1 Å². The van der Waals surface area contributed by atoms with Crippen molar-refractivity contribution in [3.05, 3.63) is 35.4 Å². The smallest absolute Gasteiger partial charge is 0.253 e. The Bertz CT molecular complexity index is 528. The van der Waals surface area contributed by atoms with Crippen molar-refractivity contribution < 1.29 is 9.59 Å². The molecule has 2 rings (SSSR count). The third-order valence-electron chi connectivity index (χ3n) is 3.92. The van der Waals surface area contributed by atoms with Crippen molar-refractivity contribution in [1.29, 1.82) is 0 Å². The van der Waals surface area contributed by atoms with Crippen LogP contribution in [0.2, 0.25) is 0 Å². The van der Waals surface area contributed by atoms with Gasteiger partial charge in [-0.25, -0.2) is 0 Å². The van der Waals surface area contributed by atoms with E-state index in [1.165, 1.54) is 4.90 Å². The van der Waals surface area contributed by atoms with E-state index >= 15 is 0 Å². The molecule has 0 spiro atoms. The Kier molecular flexibility index (Phi) is 4.96. The van der Waals surface area contributed by atoms with Crippen molar-refractivity contribution in [2.45, 2.75) is 19.4 Å². The number of rotatable bonds is 3. The molecule has 1 fully saturated rings. The van der Waals surface area contributed by atoms with Crippen LogP contribution in [-0.2, 0) is 0 Å². The monoisotopic (exact) mass is 289 g/mol. The largest absolute Gasteiger partial charge is 0.348 e. The fourth-order valence-corrected chi connectivity index (χ4v) is 2.49. The highest BCUT2D eigenvalue weighted by Crippen LogP contribution is 2.13. The number of hydrogen-bond acceptors (Lipinski definition) is 3. The summed E-state index contributed by atoms with van der Waals surface area (Å²) < 4.78 is 0. The highest BCUT2D eigenvalue weighted by Gasteiger charge is 2.23. The van der Waals surface area contributed by atoms with Crippen LogP contribution in [0.1, 0.15) is 34.1 Å². The van der Waals surface area contributed by atoms with Crippen LogP contribution in [0.3, 0.4) is 0 Å². The van der Waals surface area contributed by atoms with Crippen molar-refractivity contribution in [2.75, 3.05) is 27.2 Å². The van der Waals surface area contributed by atoms with Gasteiger partial charge in [-0.3, -0.25) is 9.59 Å². The fourth-order valence-electron chi connectivity index (χ4n) is 2.49. The van der Waals surface area contributed by atoms with Crippen LogP contribution in [0, 0.1) is 5.92 Å². The second-order valence-corrected chi connectivity index (χ2v) is 5.83. The summed E-state index contributed by atoms with van der Waals surface area (Å²) in [7, 11) is 3.40. The highest BCUT2D eigenvalue weighted by molar-refractivity contribution is 5.99. The zero-order valence-corrected chi connectivity index (χ0v) is 12.8. The first kappa shape index (κ1) is 15.5. The minimum Gasteiger partial charge on any atom is -0.348 e. The third kappa shape index (κ3) is 3.82. The van der Waals surface area contributed by atoms with E-state index in [9.17, 15) is 9.59 Å². The molecule has 1 heterocycles. The van der Waals surface area contributed by atoms with Gasteiger partial charge in [-0.15, -0.1) is 0 Å². The predicted octanol–water partition coefficient (Wildman–Crippen LogP) is 1.12. The summed E-state index contributed by atoms with van der Waals surface area (Å²) >= 11 is 0. The molecule has 0 saturated carbocycles. The fraction of sp³-hybridized carbons (Fsp3) is 0.500. The molecule has 0 radical (unpaired) electrons. The average molecular weight is 289 g/mol. The summed E-state index contributed by atoms with van der Waals surface area (Å²) in [4.78, 5) is 25.8. The normalized spacial score (nSPS) is 21.7. The molecule has 114 valence electrons. The Morgan fingerprint density at radius 2 is 2.00 bits per heavy atom. The van der Waals surface area contributed by atoms with E-state index in [1.54, 1.807) is 38.4 Å². The van der Waals surface area contributed by atoms with Gasteiger partial charge < -0.3 is 15.5 Å². The quantitative estimate of drug-likeness (QED) is 0.876. The first-order valence-corrected chi connectivity index (χ1v) is 7.32. The number of carbonyl (C=O) groups is 2. The molecular weight excluding hydrogens is 266 g/mol. The average Bonchev–Trinajstić information content (AvgIpc) is 2.48. The van der Waals surface area contributed by atoms with Crippen molar-refractivity contribution in [3.63, 3.8) is 0 Å². The van der Waals surface area contributed by atoms with Crippen LogP contribution in [0.15, 0.2) is 24.3 Å². The molecule has 2 unspecified atom stereocenters. The minimum atomic E-state index is -0.121. The summed E-state index contributed by atoms with van der Waals surface area (Å²) in [5, 5.41) is 6.35. The summed E-state index contributed by atoms with van der Waals surface area (Å²) in [5.41, 5.74) is 1.06. The molecule has 21 heavy (non-hydrogen) atoms. The Hall–Kier alpha value is -1.88. The van der Waals surface area contributed by atoms with Crippen LogP contribution in [0.4, 0.5) is 0 Å². The zero-order chi connectivity index (χ0) is 15.4. The number of carbonyl (C=O) groups excluding carboxylic acids is 2. The number of piperidine rings is 1. The van der Waals surface area contributed by atoms with Crippen LogP contribution < -0.4 is 10.6 Å². The molecular formula is C16H23N3O2. The summed E-state index contributed by atoms with van der Waals surface area (Å²) in [6.45, 7) is 3.95. The van der Waals surface area contributed by atoms with Crippen molar-refractivity contribution in [2.24, 2.45) is 5.92 Å². The van der Waals surface area contributed by atoms with E-state index in [4.69, 9.17) is 0 Å². The molecule has 0 bridgehead atoms. The second kappa shape index (κ2) is 6.72. The number of benzene rings is 1. The molecule has 5 heteroatoms. The van der Waals surface area contributed by atoms with E-state index in [-0.39, 0.29) is 17.9 Å². The minimum absolute atomic E-state index is 0.0997. The van der Waals surface area contributed by atoms with Gasteiger partial charge in [-0.2, -0.15) is 0 Å². The SMILES string of the molecule is CC1CCNCC1NC(=O)c1cccc(C(=O)N(C)C)c1. The van der Waals surface area contributed by atoms with Gasteiger partial charge >= 0.3 is 0 Å². The molecule has 0 aliphatic carbocycles. The Balaban J connectivity index is 2.08. The summed E-state index contributed by atoms with van der Waals surface area (Å²) in [6.07, 6.45) is 1.06. The van der Waals surface area contributed by atoms with Gasteiger partial charge in [0.15, 0.2) is 0 Å². The highest BCUT2D eigenvalue weighted by atomic mass is 16.2.